The summed E-state index contributed by atoms with van der Waals surface area (Å²) in [7, 11) is 0. The smallest absolute Gasteiger partial charge is 0.245 e. The van der Waals surface area contributed by atoms with Crippen molar-refractivity contribution in [2.45, 2.75) is 26.0 Å². The van der Waals surface area contributed by atoms with E-state index in [0.29, 0.717) is 12.4 Å². The molecule has 2 atom stereocenters. The molecule has 0 saturated heterocycles. The Balaban J connectivity index is 1.73. The van der Waals surface area contributed by atoms with Crippen LogP contribution in [0.3, 0.4) is 0 Å². The van der Waals surface area contributed by atoms with Crippen LogP contribution >= 0.6 is 11.7 Å². The highest BCUT2D eigenvalue weighted by Gasteiger charge is 2.10. The molecular formula is C14H19N3O2S. The summed E-state index contributed by atoms with van der Waals surface area (Å²) in [6.45, 7) is 4.82. The lowest BCUT2D eigenvalue weighted by Crippen LogP contribution is -2.33. The topological polar surface area (TPSA) is 67.3 Å². The van der Waals surface area contributed by atoms with Gasteiger partial charge in [-0.05, 0) is 19.4 Å². The van der Waals surface area contributed by atoms with Crippen LogP contribution in [0.5, 0.6) is 5.88 Å². The maximum Gasteiger partial charge on any atom is 0.245 e. The molecule has 108 valence electrons. The molecule has 2 N–H and O–H groups in total. The molecule has 1 aromatic heterocycles. The van der Waals surface area contributed by atoms with Crippen molar-refractivity contribution >= 4 is 11.7 Å². The number of aliphatic hydroxyl groups excluding tert-OH is 1. The third kappa shape index (κ3) is 4.56. The standard InChI is InChI=1S/C14H19N3O2S/c1-10-4-3-5-12(6-10)11(2)15-7-13(18)9-19-14-8-16-20-17-14/h3-6,8,11,13,15,18H,7,9H2,1-2H3/t11-,13?/m0/s1. The zero-order chi connectivity index (χ0) is 14.4. The first kappa shape index (κ1) is 14.9. The molecule has 0 saturated carbocycles. The number of hydrogen-bond donors (Lipinski definition) is 2. The highest BCUT2D eigenvalue weighted by molar-refractivity contribution is 6.99. The second kappa shape index (κ2) is 7.33. The fourth-order valence-electron chi connectivity index (χ4n) is 1.83. The van der Waals surface area contributed by atoms with Crippen LogP contribution in [0.25, 0.3) is 0 Å². The average molecular weight is 293 g/mol. The molecule has 0 spiro atoms. The first-order valence-corrected chi connectivity index (χ1v) is 7.26. The molecule has 6 heteroatoms. The van der Waals surface area contributed by atoms with Crippen molar-refractivity contribution in [3.63, 3.8) is 0 Å². The predicted octanol–water partition coefficient (Wildman–Crippen LogP) is 1.94. The molecule has 0 aliphatic heterocycles. The van der Waals surface area contributed by atoms with Crippen LogP contribution in [-0.2, 0) is 0 Å². The Bertz CT molecular complexity index is 519. The van der Waals surface area contributed by atoms with E-state index in [2.05, 4.69) is 46.1 Å². The minimum Gasteiger partial charge on any atom is -0.473 e. The molecule has 0 aliphatic rings. The van der Waals surface area contributed by atoms with Gasteiger partial charge in [-0.1, -0.05) is 29.8 Å². The number of aromatic nitrogens is 2. The molecule has 0 fully saturated rings. The third-order valence-corrected chi connectivity index (χ3v) is 3.43. The van der Waals surface area contributed by atoms with Crippen LogP contribution in [0.1, 0.15) is 24.1 Å². The van der Waals surface area contributed by atoms with Gasteiger partial charge in [0, 0.05) is 12.6 Å². The molecule has 1 heterocycles. The van der Waals surface area contributed by atoms with Gasteiger partial charge in [0.1, 0.15) is 18.9 Å². The molecule has 2 aromatic rings. The van der Waals surface area contributed by atoms with Crippen LogP contribution < -0.4 is 10.1 Å². The SMILES string of the molecule is Cc1cccc([C@H](C)NCC(O)COc2cnsn2)c1. The van der Waals surface area contributed by atoms with Gasteiger partial charge < -0.3 is 15.2 Å². The normalized spacial score (nSPS) is 13.9. The van der Waals surface area contributed by atoms with Gasteiger partial charge in [-0.2, -0.15) is 4.37 Å². The summed E-state index contributed by atoms with van der Waals surface area (Å²) >= 11 is 1.09. The first-order chi connectivity index (χ1) is 9.65. The van der Waals surface area contributed by atoms with Gasteiger partial charge in [0.25, 0.3) is 0 Å². The zero-order valence-electron chi connectivity index (χ0n) is 11.6. The molecule has 1 aromatic carbocycles. The van der Waals surface area contributed by atoms with Crippen LogP contribution in [-0.4, -0.2) is 33.1 Å². The Morgan fingerprint density at radius 2 is 2.30 bits per heavy atom. The summed E-state index contributed by atoms with van der Waals surface area (Å²) in [4.78, 5) is 0. The van der Waals surface area contributed by atoms with Gasteiger partial charge >= 0.3 is 0 Å². The molecule has 0 aliphatic carbocycles. The Morgan fingerprint density at radius 3 is 3.00 bits per heavy atom. The summed E-state index contributed by atoms with van der Waals surface area (Å²) in [6.07, 6.45) is 0.962. The highest BCUT2D eigenvalue weighted by Crippen LogP contribution is 2.13. The van der Waals surface area contributed by atoms with Crippen LogP contribution in [0, 0.1) is 6.92 Å². The van der Waals surface area contributed by atoms with Gasteiger partial charge in [0.15, 0.2) is 0 Å². The van der Waals surface area contributed by atoms with E-state index in [1.165, 1.54) is 11.1 Å². The van der Waals surface area contributed by atoms with E-state index in [9.17, 15) is 5.11 Å². The number of benzene rings is 1. The van der Waals surface area contributed by atoms with Crippen molar-refractivity contribution in [2.24, 2.45) is 0 Å². The fourth-order valence-corrected chi connectivity index (χ4v) is 2.20. The fraction of sp³-hybridized carbons (Fsp3) is 0.429. The van der Waals surface area contributed by atoms with Crippen molar-refractivity contribution in [1.29, 1.82) is 0 Å². The van der Waals surface area contributed by atoms with Crippen molar-refractivity contribution in [3.05, 3.63) is 41.6 Å². The average Bonchev–Trinajstić information content (AvgIpc) is 2.95. The van der Waals surface area contributed by atoms with Crippen molar-refractivity contribution < 1.29 is 9.84 Å². The number of hydrogen-bond acceptors (Lipinski definition) is 6. The van der Waals surface area contributed by atoms with Crippen molar-refractivity contribution in [1.82, 2.24) is 14.1 Å². The summed E-state index contributed by atoms with van der Waals surface area (Å²) in [5.41, 5.74) is 2.44. The first-order valence-electron chi connectivity index (χ1n) is 6.53. The second-order valence-electron chi connectivity index (χ2n) is 4.75. The molecule has 0 bridgehead atoms. The lowest BCUT2D eigenvalue weighted by Gasteiger charge is -2.17. The molecule has 0 amide bonds. The molecule has 2 rings (SSSR count). The van der Waals surface area contributed by atoms with E-state index in [1.807, 2.05) is 6.07 Å². The van der Waals surface area contributed by atoms with Gasteiger partial charge in [-0.3, -0.25) is 0 Å². The Kier molecular flexibility index (Phi) is 5.46. The van der Waals surface area contributed by atoms with Gasteiger partial charge in [0.05, 0.1) is 11.7 Å². The Hall–Kier alpha value is -1.50. The van der Waals surface area contributed by atoms with E-state index in [4.69, 9.17) is 4.74 Å². The molecule has 1 unspecified atom stereocenters. The summed E-state index contributed by atoms with van der Waals surface area (Å²) in [5.74, 6) is 0.459. The van der Waals surface area contributed by atoms with E-state index in [1.54, 1.807) is 6.20 Å². The number of ether oxygens (including phenoxy) is 1. The number of aliphatic hydroxyl groups is 1. The number of nitrogens with one attached hydrogen (secondary N) is 1. The zero-order valence-corrected chi connectivity index (χ0v) is 12.4. The Morgan fingerprint density at radius 1 is 1.45 bits per heavy atom. The molecule has 20 heavy (non-hydrogen) atoms. The van der Waals surface area contributed by atoms with E-state index >= 15 is 0 Å². The van der Waals surface area contributed by atoms with E-state index in [-0.39, 0.29) is 12.6 Å². The number of rotatable bonds is 7. The predicted molar refractivity (Wildman–Crippen MR) is 79.0 cm³/mol. The second-order valence-corrected chi connectivity index (χ2v) is 5.31. The van der Waals surface area contributed by atoms with Gasteiger partial charge in [-0.15, -0.1) is 4.37 Å². The molecule has 0 radical (unpaired) electrons. The summed E-state index contributed by atoms with van der Waals surface area (Å²) < 4.78 is 13.1. The lowest BCUT2D eigenvalue weighted by atomic mass is 10.1. The maximum atomic E-state index is 9.87. The number of nitrogens with zero attached hydrogens (tertiary/aromatic N) is 2. The van der Waals surface area contributed by atoms with Crippen LogP contribution in [0.4, 0.5) is 0 Å². The Labute approximate surface area is 122 Å². The highest BCUT2D eigenvalue weighted by atomic mass is 32.1. The van der Waals surface area contributed by atoms with Crippen molar-refractivity contribution in [2.75, 3.05) is 13.2 Å². The summed E-state index contributed by atoms with van der Waals surface area (Å²) in [5, 5.41) is 13.2. The third-order valence-electron chi connectivity index (χ3n) is 2.97. The summed E-state index contributed by atoms with van der Waals surface area (Å²) in [6, 6.07) is 8.51. The lowest BCUT2D eigenvalue weighted by molar-refractivity contribution is 0.102. The quantitative estimate of drug-likeness (QED) is 0.816. The van der Waals surface area contributed by atoms with Crippen LogP contribution in [0.2, 0.25) is 0 Å². The minimum atomic E-state index is -0.580. The maximum absolute atomic E-state index is 9.87. The monoisotopic (exact) mass is 293 g/mol. The van der Waals surface area contributed by atoms with E-state index in [0.717, 1.165) is 11.7 Å². The minimum absolute atomic E-state index is 0.186. The van der Waals surface area contributed by atoms with E-state index < -0.39 is 6.10 Å². The van der Waals surface area contributed by atoms with Gasteiger partial charge in [-0.25, -0.2) is 0 Å². The molecule has 5 nitrogen and oxygen atoms in total. The molecular weight excluding hydrogens is 274 g/mol. The number of aryl methyl sites for hydroxylation is 1. The van der Waals surface area contributed by atoms with Gasteiger partial charge in [0.2, 0.25) is 5.88 Å². The van der Waals surface area contributed by atoms with Crippen LogP contribution in [0.15, 0.2) is 30.5 Å². The van der Waals surface area contributed by atoms with Crippen molar-refractivity contribution in [3.8, 4) is 5.88 Å². The largest absolute Gasteiger partial charge is 0.473 e.